The minimum absolute atomic E-state index is 0.0407. The summed E-state index contributed by atoms with van der Waals surface area (Å²) < 4.78 is 11.5. The highest BCUT2D eigenvalue weighted by Crippen LogP contribution is 2.32. The molecule has 1 unspecified atom stereocenters. The van der Waals surface area contributed by atoms with E-state index in [-0.39, 0.29) is 11.2 Å². The molecule has 164 valence electrons. The summed E-state index contributed by atoms with van der Waals surface area (Å²) in [4.78, 5) is 21.4. The van der Waals surface area contributed by atoms with Gasteiger partial charge in [-0.1, -0.05) is 48.2 Å². The molecule has 31 heavy (non-hydrogen) atoms. The number of carbonyl (C=O) groups is 1. The lowest BCUT2D eigenvalue weighted by Crippen LogP contribution is -2.46. The molecule has 0 spiro atoms. The first-order chi connectivity index (χ1) is 15.1. The average Bonchev–Trinajstić information content (AvgIpc) is 3.16. The summed E-state index contributed by atoms with van der Waals surface area (Å²) >= 11 is 1.59. The highest BCUT2D eigenvalue weighted by atomic mass is 32.2. The van der Waals surface area contributed by atoms with Crippen molar-refractivity contribution >= 4 is 22.8 Å². The molecule has 0 aliphatic carbocycles. The largest absolute Gasteiger partial charge is 0.493 e. The Labute approximate surface area is 188 Å². The van der Waals surface area contributed by atoms with E-state index in [1.807, 2.05) is 36.4 Å². The summed E-state index contributed by atoms with van der Waals surface area (Å²) in [6.07, 6.45) is 1.47. The van der Waals surface area contributed by atoms with Gasteiger partial charge in [0, 0.05) is 32.6 Å². The number of nitrogens with zero attached hydrogens (tertiary/aromatic N) is 3. The molecule has 0 aromatic heterocycles. The van der Waals surface area contributed by atoms with Gasteiger partial charge < -0.3 is 19.3 Å². The van der Waals surface area contributed by atoms with Gasteiger partial charge in [0.2, 0.25) is 0 Å². The molecule has 0 N–H and O–H groups in total. The predicted molar refractivity (Wildman–Crippen MR) is 125 cm³/mol. The number of amidine groups is 1. The summed E-state index contributed by atoms with van der Waals surface area (Å²) in [6, 6.07) is 16.2. The summed E-state index contributed by atoms with van der Waals surface area (Å²) in [7, 11) is 3.77. The lowest BCUT2D eigenvalue weighted by atomic mass is 10.1. The molecule has 2 aromatic carbocycles. The number of methoxy groups -OCH3 is 1. The number of hydrogen-bond acceptors (Lipinski definition) is 6. The monoisotopic (exact) mass is 439 g/mol. The molecule has 0 bridgehead atoms. The number of piperazine rings is 1. The van der Waals surface area contributed by atoms with Crippen molar-refractivity contribution in [1.82, 2.24) is 9.80 Å². The Hall–Kier alpha value is -2.51. The molecule has 6 nitrogen and oxygen atoms in total. The summed E-state index contributed by atoms with van der Waals surface area (Å²) in [5, 5.41) is 0.695. The van der Waals surface area contributed by atoms with Crippen LogP contribution in [0.2, 0.25) is 0 Å². The quantitative estimate of drug-likeness (QED) is 0.661. The average molecular weight is 440 g/mol. The lowest BCUT2D eigenvalue weighted by Gasteiger charge is -2.33. The highest BCUT2D eigenvalue weighted by Gasteiger charge is 2.32. The third-order valence-corrected chi connectivity index (χ3v) is 6.86. The molecule has 1 amide bonds. The number of amides is 1. The predicted octanol–water partition coefficient (Wildman–Crippen LogP) is 3.10. The number of thioether (sulfide) groups is 1. The minimum atomic E-state index is -0.177. The molecule has 2 aromatic rings. The molecular weight excluding hydrogens is 410 g/mol. The van der Waals surface area contributed by atoms with E-state index in [1.54, 1.807) is 18.9 Å². The van der Waals surface area contributed by atoms with Gasteiger partial charge in [-0.15, -0.1) is 0 Å². The molecule has 0 saturated carbocycles. The molecule has 2 aliphatic heterocycles. The van der Waals surface area contributed by atoms with Gasteiger partial charge in [-0.25, -0.2) is 0 Å². The summed E-state index contributed by atoms with van der Waals surface area (Å²) in [5.41, 5.74) is 2.29. The zero-order valence-electron chi connectivity index (χ0n) is 18.1. The minimum Gasteiger partial charge on any atom is -0.493 e. The Bertz CT molecular complexity index is 927. The van der Waals surface area contributed by atoms with Crippen molar-refractivity contribution in [2.24, 2.45) is 4.99 Å². The second-order valence-corrected chi connectivity index (χ2v) is 9.07. The van der Waals surface area contributed by atoms with Gasteiger partial charge in [0.25, 0.3) is 5.91 Å². The number of rotatable bonds is 7. The van der Waals surface area contributed by atoms with Crippen molar-refractivity contribution < 1.29 is 14.3 Å². The van der Waals surface area contributed by atoms with Crippen LogP contribution >= 0.6 is 11.8 Å². The first kappa shape index (κ1) is 21.7. The van der Waals surface area contributed by atoms with E-state index in [0.29, 0.717) is 18.8 Å². The summed E-state index contributed by atoms with van der Waals surface area (Å²) in [6.45, 7) is 4.43. The number of hydrogen-bond donors (Lipinski definition) is 0. The van der Waals surface area contributed by atoms with Crippen LogP contribution in [0.5, 0.6) is 11.5 Å². The zero-order valence-corrected chi connectivity index (χ0v) is 18.9. The van der Waals surface area contributed by atoms with Crippen LogP contribution in [0.1, 0.15) is 11.1 Å². The van der Waals surface area contributed by atoms with Gasteiger partial charge >= 0.3 is 0 Å². The fourth-order valence-electron chi connectivity index (χ4n) is 3.74. The second-order valence-electron chi connectivity index (χ2n) is 7.90. The smallest absolute Gasteiger partial charge is 0.262 e. The molecule has 4 rings (SSSR count). The molecule has 2 heterocycles. The lowest BCUT2D eigenvalue weighted by molar-refractivity contribution is -0.117. The topological polar surface area (TPSA) is 54.4 Å². The Kier molecular flexibility index (Phi) is 7.14. The van der Waals surface area contributed by atoms with Crippen molar-refractivity contribution in [2.45, 2.75) is 18.1 Å². The third kappa shape index (κ3) is 5.60. The highest BCUT2D eigenvalue weighted by molar-refractivity contribution is 8.15. The van der Waals surface area contributed by atoms with Crippen LogP contribution in [0.3, 0.4) is 0 Å². The van der Waals surface area contributed by atoms with Gasteiger partial charge in [-0.2, -0.15) is 4.99 Å². The van der Waals surface area contributed by atoms with Crippen molar-refractivity contribution in [3.05, 3.63) is 59.7 Å². The van der Waals surface area contributed by atoms with Crippen LogP contribution in [0, 0.1) is 0 Å². The third-order valence-electron chi connectivity index (χ3n) is 5.64. The standard InChI is InChI=1S/C24H29N3O3S/c1-26-11-13-27(14-12-26)24-25-23(28)22(31-24)17-19-8-9-20(21(16-19)29-2)30-15-10-18-6-4-3-5-7-18/h3-9,16,22H,10-15,17H2,1-2H3. The van der Waals surface area contributed by atoms with Gasteiger partial charge in [-0.05, 0) is 36.7 Å². The molecular formula is C24H29N3O3S. The van der Waals surface area contributed by atoms with E-state index in [2.05, 4.69) is 34.0 Å². The number of carbonyl (C=O) groups excluding carboxylic acids is 1. The maximum absolute atomic E-state index is 12.5. The van der Waals surface area contributed by atoms with Crippen molar-refractivity contribution in [3.63, 3.8) is 0 Å². The number of likely N-dealkylation sites (N-methyl/N-ethyl adjacent to an activating group) is 1. The van der Waals surface area contributed by atoms with Crippen LogP contribution in [-0.2, 0) is 17.6 Å². The van der Waals surface area contributed by atoms with E-state index in [4.69, 9.17) is 9.47 Å². The van der Waals surface area contributed by atoms with E-state index in [1.165, 1.54) is 5.56 Å². The van der Waals surface area contributed by atoms with Crippen LogP contribution in [0.25, 0.3) is 0 Å². The van der Waals surface area contributed by atoms with Gasteiger partial charge in [0.1, 0.15) is 0 Å². The Morgan fingerprint density at radius 2 is 1.81 bits per heavy atom. The number of benzene rings is 2. The maximum Gasteiger partial charge on any atom is 0.262 e. The van der Waals surface area contributed by atoms with E-state index in [0.717, 1.165) is 49.1 Å². The fourth-order valence-corrected chi connectivity index (χ4v) is 4.90. The Morgan fingerprint density at radius 3 is 2.55 bits per heavy atom. The normalized spacial score (nSPS) is 19.4. The summed E-state index contributed by atoms with van der Waals surface area (Å²) in [5.74, 6) is 1.38. The van der Waals surface area contributed by atoms with Crippen molar-refractivity contribution in [3.8, 4) is 11.5 Å². The number of ether oxygens (including phenoxy) is 2. The molecule has 7 heteroatoms. The molecule has 2 aliphatic rings. The van der Waals surface area contributed by atoms with Crippen molar-refractivity contribution in [1.29, 1.82) is 0 Å². The van der Waals surface area contributed by atoms with E-state index < -0.39 is 0 Å². The van der Waals surface area contributed by atoms with Gasteiger partial charge in [0.15, 0.2) is 16.7 Å². The van der Waals surface area contributed by atoms with Gasteiger partial charge in [0.05, 0.1) is 19.0 Å². The fraction of sp³-hybridized carbons (Fsp3) is 0.417. The SMILES string of the molecule is COc1cc(CC2SC(N3CCN(C)CC3)=NC2=O)ccc1OCCc1ccccc1. The van der Waals surface area contributed by atoms with Crippen LogP contribution in [0.15, 0.2) is 53.5 Å². The van der Waals surface area contributed by atoms with Crippen LogP contribution in [-0.4, -0.2) is 73.1 Å². The van der Waals surface area contributed by atoms with Crippen LogP contribution in [0.4, 0.5) is 0 Å². The number of aliphatic imine (C=N–C) groups is 1. The molecule has 1 fully saturated rings. The molecule has 1 atom stereocenters. The first-order valence-electron chi connectivity index (χ1n) is 10.7. The van der Waals surface area contributed by atoms with Crippen LogP contribution < -0.4 is 9.47 Å². The maximum atomic E-state index is 12.5. The first-order valence-corrected chi connectivity index (χ1v) is 11.6. The second kappa shape index (κ2) is 10.2. The Balaban J connectivity index is 1.33. The van der Waals surface area contributed by atoms with Gasteiger partial charge in [-0.3, -0.25) is 4.79 Å². The van der Waals surface area contributed by atoms with E-state index >= 15 is 0 Å². The zero-order chi connectivity index (χ0) is 21.6. The molecule has 1 saturated heterocycles. The van der Waals surface area contributed by atoms with Crippen molar-refractivity contribution in [2.75, 3.05) is 46.9 Å². The van der Waals surface area contributed by atoms with E-state index in [9.17, 15) is 4.79 Å². The Morgan fingerprint density at radius 1 is 1.03 bits per heavy atom. The molecule has 0 radical (unpaired) electrons.